The third kappa shape index (κ3) is 3.59. The van der Waals surface area contributed by atoms with Crippen molar-refractivity contribution in [1.29, 1.82) is 0 Å². The van der Waals surface area contributed by atoms with Gasteiger partial charge < -0.3 is 5.32 Å². The second-order valence-electron chi connectivity index (χ2n) is 3.53. The lowest BCUT2D eigenvalue weighted by Gasteiger charge is -2.14. The Morgan fingerprint density at radius 2 is 1.80 bits per heavy atom. The largest absolute Gasteiger partial charge is 0.349 e. The van der Waals surface area contributed by atoms with Crippen LogP contribution in [0, 0.1) is 0 Å². The molecule has 0 saturated carbocycles. The minimum atomic E-state index is -0.00275. The molecule has 1 aromatic rings. The van der Waals surface area contributed by atoms with Gasteiger partial charge in [0.1, 0.15) is 0 Å². The van der Waals surface area contributed by atoms with Crippen molar-refractivity contribution < 1.29 is 4.79 Å². The highest BCUT2D eigenvalue weighted by molar-refractivity contribution is 7.80. The lowest BCUT2D eigenvalue weighted by molar-refractivity contribution is 0.0935. The molecule has 0 unspecified atom stereocenters. The van der Waals surface area contributed by atoms with Crippen molar-refractivity contribution in [1.82, 2.24) is 5.32 Å². The molecule has 0 aromatic heterocycles. The maximum Gasteiger partial charge on any atom is 0.251 e. The van der Waals surface area contributed by atoms with Gasteiger partial charge in [0.25, 0.3) is 5.91 Å². The van der Waals surface area contributed by atoms with E-state index in [0.717, 1.165) is 17.7 Å². The van der Waals surface area contributed by atoms with Crippen LogP contribution >= 0.6 is 12.6 Å². The second-order valence-corrected chi connectivity index (χ2v) is 4.05. The molecule has 0 spiro atoms. The van der Waals surface area contributed by atoms with Crippen molar-refractivity contribution in [2.24, 2.45) is 0 Å². The Morgan fingerprint density at radius 3 is 2.27 bits per heavy atom. The molecule has 0 aliphatic rings. The number of benzene rings is 1. The van der Waals surface area contributed by atoms with Gasteiger partial charge in [-0.3, -0.25) is 4.79 Å². The first-order valence-electron chi connectivity index (χ1n) is 5.27. The summed E-state index contributed by atoms with van der Waals surface area (Å²) >= 11 is 4.18. The predicted molar refractivity (Wildman–Crippen MR) is 65.5 cm³/mol. The van der Waals surface area contributed by atoms with Crippen LogP contribution in [0.2, 0.25) is 0 Å². The number of hydrogen-bond donors (Lipinski definition) is 2. The Bertz CT molecular complexity index is 317. The fourth-order valence-corrected chi connectivity index (χ4v) is 1.52. The summed E-state index contributed by atoms with van der Waals surface area (Å²) in [6.07, 6.45) is 1.93. The van der Waals surface area contributed by atoms with E-state index in [1.807, 2.05) is 12.1 Å². The first-order valence-corrected chi connectivity index (χ1v) is 5.72. The highest BCUT2D eigenvalue weighted by atomic mass is 32.1. The van der Waals surface area contributed by atoms with Crippen LogP contribution in [0.25, 0.3) is 0 Å². The van der Waals surface area contributed by atoms with E-state index < -0.39 is 0 Å². The SMILES string of the molecule is CCC(CC)NC(=O)c1ccc(S)cc1. The predicted octanol–water partition coefficient (Wildman–Crippen LogP) is 2.89. The van der Waals surface area contributed by atoms with Gasteiger partial charge in [0, 0.05) is 16.5 Å². The fourth-order valence-electron chi connectivity index (χ4n) is 1.37. The zero-order valence-electron chi connectivity index (χ0n) is 9.16. The number of carbonyl (C=O) groups is 1. The number of nitrogens with one attached hydrogen (secondary N) is 1. The zero-order chi connectivity index (χ0) is 11.3. The summed E-state index contributed by atoms with van der Waals surface area (Å²) in [5.74, 6) is -0.00275. The Morgan fingerprint density at radius 1 is 1.27 bits per heavy atom. The Balaban J connectivity index is 2.64. The van der Waals surface area contributed by atoms with E-state index in [9.17, 15) is 4.79 Å². The van der Waals surface area contributed by atoms with Crippen molar-refractivity contribution in [2.45, 2.75) is 37.6 Å². The van der Waals surface area contributed by atoms with Crippen LogP contribution in [0.5, 0.6) is 0 Å². The standard InChI is InChI=1S/C12H17NOS/c1-3-10(4-2)13-12(14)9-5-7-11(15)8-6-9/h5-8,10,15H,3-4H2,1-2H3,(H,13,14). The van der Waals surface area contributed by atoms with E-state index in [0.29, 0.717) is 5.56 Å². The lowest BCUT2D eigenvalue weighted by Crippen LogP contribution is -2.33. The minimum absolute atomic E-state index is 0.00275. The minimum Gasteiger partial charge on any atom is -0.349 e. The van der Waals surface area contributed by atoms with Crippen LogP contribution in [0.3, 0.4) is 0 Å². The molecule has 1 amide bonds. The quantitative estimate of drug-likeness (QED) is 0.755. The van der Waals surface area contributed by atoms with E-state index in [1.165, 1.54) is 0 Å². The average Bonchev–Trinajstić information content (AvgIpc) is 2.26. The van der Waals surface area contributed by atoms with Crippen LogP contribution in [-0.2, 0) is 0 Å². The maximum atomic E-state index is 11.7. The molecule has 2 nitrogen and oxygen atoms in total. The molecule has 1 N–H and O–H groups in total. The van der Waals surface area contributed by atoms with E-state index >= 15 is 0 Å². The van der Waals surface area contributed by atoms with Gasteiger partial charge in [-0.15, -0.1) is 12.6 Å². The molecule has 82 valence electrons. The van der Waals surface area contributed by atoms with E-state index in [-0.39, 0.29) is 11.9 Å². The van der Waals surface area contributed by atoms with Crippen molar-refractivity contribution in [3.05, 3.63) is 29.8 Å². The molecule has 0 aliphatic carbocycles. The second kappa shape index (κ2) is 5.81. The molecule has 0 fully saturated rings. The summed E-state index contributed by atoms with van der Waals surface area (Å²) in [7, 11) is 0. The number of hydrogen-bond acceptors (Lipinski definition) is 2. The molecule has 0 aliphatic heterocycles. The van der Waals surface area contributed by atoms with Crippen molar-refractivity contribution in [2.75, 3.05) is 0 Å². The summed E-state index contributed by atoms with van der Waals surface area (Å²) in [6, 6.07) is 7.50. The monoisotopic (exact) mass is 223 g/mol. The van der Waals surface area contributed by atoms with Crippen LogP contribution in [0.4, 0.5) is 0 Å². The molecule has 0 radical (unpaired) electrons. The van der Waals surface area contributed by atoms with Gasteiger partial charge in [0.05, 0.1) is 0 Å². The topological polar surface area (TPSA) is 29.1 Å². The third-order valence-electron chi connectivity index (χ3n) is 2.45. The highest BCUT2D eigenvalue weighted by Gasteiger charge is 2.09. The smallest absolute Gasteiger partial charge is 0.251 e. The molecule has 1 rings (SSSR count). The van der Waals surface area contributed by atoms with E-state index in [1.54, 1.807) is 12.1 Å². The van der Waals surface area contributed by atoms with E-state index in [4.69, 9.17) is 0 Å². The maximum absolute atomic E-state index is 11.7. The van der Waals surface area contributed by atoms with Gasteiger partial charge in [-0.25, -0.2) is 0 Å². The lowest BCUT2D eigenvalue weighted by atomic mass is 10.1. The van der Waals surface area contributed by atoms with Gasteiger partial charge in [0.15, 0.2) is 0 Å². The molecular weight excluding hydrogens is 206 g/mol. The Hall–Kier alpha value is -0.960. The third-order valence-corrected chi connectivity index (χ3v) is 2.75. The summed E-state index contributed by atoms with van der Waals surface area (Å²) < 4.78 is 0. The van der Waals surface area contributed by atoms with Crippen molar-refractivity contribution in [3.63, 3.8) is 0 Å². The summed E-state index contributed by atoms with van der Waals surface area (Å²) in [6.45, 7) is 4.15. The number of carbonyl (C=O) groups excluding carboxylic acids is 1. The molecule has 15 heavy (non-hydrogen) atoms. The summed E-state index contributed by atoms with van der Waals surface area (Å²) in [5.41, 5.74) is 0.694. The van der Waals surface area contributed by atoms with Crippen LogP contribution in [0.15, 0.2) is 29.2 Å². The number of rotatable bonds is 4. The average molecular weight is 223 g/mol. The molecule has 0 heterocycles. The van der Waals surface area contributed by atoms with Gasteiger partial charge >= 0.3 is 0 Å². The molecule has 0 bridgehead atoms. The highest BCUT2D eigenvalue weighted by Crippen LogP contribution is 2.08. The Kier molecular flexibility index (Phi) is 4.69. The van der Waals surface area contributed by atoms with Crippen molar-refractivity contribution in [3.8, 4) is 0 Å². The molecule has 3 heteroatoms. The first-order chi connectivity index (χ1) is 7.17. The molecule has 0 atom stereocenters. The Labute approximate surface area is 96.5 Å². The molecule has 0 saturated heterocycles. The molecular formula is C12H17NOS. The van der Waals surface area contributed by atoms with Gasteiger partial charge in [-0.05, 0) is 37.1 Å². The first kappa shape index (κ1) is 12.1. The number of thiol groups is 1. The number of amides is 1. The van der Waals surface area contributed by atoms with Crippen LogP contribution in [0.1, 0.15) is 37.0 Å². The van der Waals surface area contributed by atoms with Crippen molar-refractivity contribution >= 4 is 18.5 Å². The summed E-state index contributed by atoms with van der Waals surface area (Å²) in [4.78, 5) is 12.6. The normalized spacial score (nSPS) is 10.4. The molecule has 1 aromatic carbocycles. The van der Waals surface area contributed by atoms with Gasteiger partial charge in [-0.1, -0.05) is 13.8 Å². The zero-order valence-corrected chi connectivity index (χ0v) is 10.1. The fraction of sp³-hybridized carbons (Fsp3) is 0.417. The summed E-state index contributed by atoms with van der Waals surface area (Å²) in [5, 5.41) is 2.99. The van der Waals surface area contributed by atoms with Crippen LogP contribution in [-0.4, -0.2) is 11.9 Å². The van der Waals surface area contributed by atoms with Gasteiger partial charge in [0.2, 0.25) is 0 Å². The van der Waals surface area contributed by atoms with Crippen LogP contribution < -0.4 is 5.32 Å². The van der Waals surface area contributed by atoms with Gasteiger partial charge in [-0.2, -0.15) is 0 Å². The van der Waals surface area contributed by atoms with E-state index in [2.05, 4.69) is 31.8 Å².